The van der Waals surface area contributed by atoms with E-state index in [1.807, 2.05) is 0 Å². The van der Waals surface area contributed by atoms with Gasteiger partial charge in [0.2, 0.25) is 0 Å². The lowest BCUT2D eigenvalue weighted by Crippen LogP contribution is -2.48. The molecule has 2 heteroatoms. The topological polar surface area (TPSA) is 15.3 Å². The maximum absolute atomic E-state index is 3.74. The number of nitrogens with one attached hydrogen (secondary N) is 1. The summed E-state index contributed by atoms with van der Waals surface area (Å²) < 4.78 is 0. The molecule has 1 fully saturated rings. The van der Waals surface area contributed by atoms with Crippen LogP contribution in [0.1, 0.15) is 59.8 Å². The van der Waals surface area contributed by atoms with Crippen LogP contribution in [0.2, 0.25) is 0 Å². The minimum absolute atomic E-state index is 0.676. The van der Waals surface area contributed by atoms with Crippen molar-refractivity contribution in [2.24, 2.45) is 11.8 Å². The SMILES string of the molecule is CCNC(CN(C)C(C)C(C)C)C1CCCCC1. The van der Waals surface area contributed by atoms with E-state index in [2.05, 4.69) is 45.0 Å². The van der Waals surface area contributed by atoms with Crippen LogP contribution >= 0.6 is 0 Å². The van der Waals surface area contributed by atoms with E-state index < -0.39 is 0 Å². The first-order chi connectivity index (χ1) is 8.56. The van der Waals surface area contributed by atoms with Crippen LogP contribution in [0.4, 0.5) is 0 Å². The molecule has 0 amide bonds. The Morgan fingerprint density at radius 2 is 1.72 bits per heavy atom. The molecule has 1 N–H and O–H groups in total. The van der Waals surface area contributed by atoms with Gasteiger partial charge in [-0.3, -0.25) is 0 Å². The zero-order valence-electron chi connectivity index (χ0n) is 13.2. The zero-order valence-corrected chi connectivity index (χ0v) is 13.2. The molecule has 0 aliphatic heterocycles. The lowest BCUT2D eigenvalue weighted by molar-refractivity contribution is 0.153. The van der Waals surface area contributed by atoms with Gasteiger partial charge in [-0.25, -0.2) is 0 Å². The maximum atomic E-state index is 3.74. The van der Waals surface area contributed by atoms with E-state index in [-0.39, 0.29) is 0 Å². The average Bonchev–Trinajstić information content (AvgIpc) is 2.38. The van der Waals surface area contributed by atoms with Crippen molar-refractivity contribution >= 4 is 0 Å². The van der Waals surface area contributed by atoms with Gasteiger partial charge in [0.1, 0.15) is 0 Å². The predicted molar refractivity (Wildman–Crippen MR) is 81.0 cm³/mol. The van der Waals surface area contributed by atoms with Crippen LogP contribution in [0.15, 0.2) is 0 Å². The Hall–Kier alpha value is -0.0800. The number of hydrogen-bond acceptors (Lipinski definition) is 2. The maximum Gasteiger partial charge on any atom is 0.0223 e. The predicted octanol–water partition coefficient (Wildman–Crippen LogP) is 3.52. The molecule has 1 saturated carbocycles. The van der Waals surface area contributed by atoms with Crippen molar-refractivity contribution in [2.45, 2.75) is 71.9 Å². The van der Waals surface area contributed by atoms with Crippen LogP contribution in [0.25, 0.3) is 0 Å². The van der Waals surface area contributed by atoms with Crippen molar-refractivity contribution < 1.29 is 0 Å². The fraction of sp³-hybridized carbons (Fsp3) is 1.00. The normalized spacial score (nSPS) is 21.5. The van der Waals surface area contributed by atoms with Gasteiger partial charge in [0.15, 0.2) is 0 Å². The van der Waals surface area contributed by atoms with E-state index in [0.29, 0.717) is 12.1 Å². The molecule has 2 nitrogen and oxygen atoms in total. The van der Waals surface area contributed by atoms with Crippen molar-refractivity contribution in [3.8, 4) is 0 Å². The molecule has 2 unspecified atom stereocenters. The van der Waals surface area contributed by atoms with Gasteiger partial charge in [0.05, 0.1) is 0 Å². The third kappa shape index (κ3) is 4.89. The summed E-state index contributed by atoms with van der Waals surface area (Å²) in [6.45, 7) is 11.5. The number of rotatable bonds is 7. The summed E-state index contributed by atoms with van der Waals surface area (Å²) in [5, 5.41) is 3.74. The van der Waals surface area contributed by atoms with E-state index in [9.17, 15) is 0 Å². The fourth-order valence-electron chi connectivity index (χ4n) is 3.16. The van der Waals surface area contributed by atoms with E-state index >= 15 is 0 Å². The average molecular weight is 254 g/mol. The molecule has 2 atom stereocenters. The Kier molecular flexibility index (Phi) is 7.25. The Morgan fingerprint density at radius 3 is 2.22 bits per heavy atom. The minimum atomic E-state index is 0.676. The van der Waals surface area contributed by atoms with E-state index in [0.717, 1.165) is 18.4 Å². The van der Waals surface area contributed by atoms with Gasteiger partial charge in [0.25, 0.3) is 0 Å². The van der Waals surface area contributed by atoms with Crippen LogP contribution in [-0.4, -0.2) is 37.1 Å². The number of hydrogen-bond donors (Lipinski definition) is 1. The molecule has 0 saturated heterocycles. The molecule has 0 aromatic rings. The van der Waals surface area contributed by atoms with Gasteiger partial charge in [-0.05, 0) is 45.2 Å². The molecule has 108 valence electrons. The standard InChI is InChI=1S/C16H34N2/c1-6-17-16(15-10-8-7-9-11-15)12-18(5)14(4)13(2)3/h13-17H,6-12H2,1-5H3. The van der Waals surface area contributed by atoms with E-state index in [4.69, 9.17) is 0 Å². The fourth-order valence-corrected chi connectivity index (χ4v) is 3.16. The minimum Gasteiger partial charge on any atom is -0.313 e. The summed E-state index contributed by atoms with van der Waals surface area (Å²) in [6.07, 6.45) is 7.20. The van der Waals surface area contributed by atoms with Gasteiger partial charge >= 0.3 is 0 Å². The van der Waals surface area contributed by atoms with E-state index in [1.54, 1.807) is 0 Å². The molecular formula is C16H34N2. The van der Waals surface area contributed by atoms with E-state index in [1.165, 1.54) is 38.6 Å². The van der Waals surface area contributed by atoms with Crippen molar-refractivity contribution in [1.82, 2.24) is 10.2 Å². The molecular weight excluding hydrogens is 220 g/mol. The molecule has 0 bridgehead atoms. The summed E-state index contributed by atoms with van der Waals surface area (Å²) in [5.41, 5.74) is 0. The molecule has 1 rings (SSSR count). The highest BCUT2D eigenvalue weighted by atomic mass is 15.2. The second-order valence-corrected chi connectivity index (χ2v) is 6.49. The first-order valence-electron chi connectivity index (χ1n) is 7.99. The molecule has 18 heavy (non-hydrogen) atoms. The summed E-state index contributed by atoms with van der Waals surface area (Å²) in [7, 11) is 2.29. The zero-order chi connectivity index (χ0) is 13.5. The highest BCUT2D eigenvalue weighted by Gasteiger charge is 2.25. The van der Waals surface area contributed by atoms with Crippen LogP contribution in [-0.2, 0) is 0 Å². The third-order valence-electron chi connectivity index (χ3n) is 4.83. The van der Waals surface area contributed by atoms with Crippen molar-refractivity contribution in [2.75, 3.05) is 20.1 Å². The third-order valence-corrected chi connectivity index (χ3v) is 4.83. The number of likely N-dealkylation sites (N-methyl/N-ethyl adjacent to an activating group) is 2. The largest absolute Gasteiger partial charge is 0.313 e. The van der Waals surface area contributed by atoms with Crippen LogP contribution < -0.4 is 5.32 Å². The second kappa shape index (κ2) is 8.16. The highest BCUT2D eigenvalue weighted by molar-refractivity contribution is 4.83. The molecule has 0 aromatic carbocycles. The van der Waals surface area contributed by atoms with Gasteiger partial charge in [-0.1, -0.05) is 40.0 Å². The van der Waals surface area contributed by atoms with Gasteiger partial charge in [-0.15, -0.1) is 0 Å². The summed E-state index contributed by atoms with van der Waals surface area (Å²) >= 11 is 0. The van der Waals surface area contributed by atoms with Crippen LogP contribution in [0, 0.1) is 11.8 Å². The molecule has 0 radical (unpaired) electrons. The smallest absolute Gasteiger partial charge is 0.0223 e. The lowest BCUT2D eigenvalue weighted by Gasteiger charge is -2.36. The molecule has 0 aromatic heterocycles. The van der Waals surface area contributed by atoms with Gasteiger partial charge in [0, 0.05) is 18.6 Å². The quantitative estimate of drug-likeness (QED) is 0.748. The summed E-state index contributed by atoms with van der Waals surface area (Å²) in [5.74, 6) is 1.64. The Morgan fingerprint density at radius 1 is 1.11 bits per heavy atom. The number of nitrogens with zero attached hydrogens (tertiary/aromatic N) is 1. The highest BCUT2D eigenvalue weighted by Crippen LogP contribution is 2.27. The Labute approximate surface area is 115 Å². The van der Waals surface area contributed by atoms with Crippen molar-refractivity contribution in [3.05, 3.63) is 0 Å². The van der Waals surface area contributed by atoms with Crippen LogP contribution in [0.3, 0.4) is 0 Å². The Balaban J connectivity index is 2.50. The molecule has 1 aliphatic carbocycles. The van der Waals surface area contributed by atoms with Gasteiger partial charge in [-0.2, -0.15) is 0 Å². The lowest BCUT2D eigenvalue weighted by atomic mass is 9.83. The molecule has 1 aliphatic rings. The van der Waals surface area contributed by atoms with Crippen LogP contribution in [0.5, 0.6) is 0 Å². The first kappa shape index (κ1) is 16.0. The first-order valence-corrected chi connectivity index (χ1v) is 7.99. The second-order valence-electron chi connectivity index (χ2n) is 6.49. The summed E-state index contributed by atoms with van der Waals surface area (Å²) in [4.78, 5) is 2.55. The molecule has 0 spiro atoms. The van der Waals surface area contributed by atoms with Crippen molar-refractivity contribution in [1.29, 1.82) is 0 Å². The molecule has 0 heterocycles. The van der Waals surface area contributed by atoms with Crippen molar-refractivity contribution in [3.63, 3.8) is 0 Å². The summed E-state index contributed by atoms with van der Waals surface area (Å²) in [6, 6.07) is 1.37. The van der Waals surface area contributed by atoms with Gasteiger partial charge < -0.3 is 10.2 Å². The monoisotopic (exact) mass is 254 g/mol. The Bertz CT molecular complexity index is 209.